The number of carbonyl (C=O) groups is 2. The number of nitrogens with zero attached hydrogens (tertiary/aromatic N) is 1. The topological polar surface area (TPSA) is 91.3 Å². The Kier molecular flexibility index (Phi) is 6.14. The predicted octanol–water partition coefficient (Wildman–Crippen LogP) is 2.53. The van der Waals surface area contributed by atoms with Gasteiger partial charge in [-0.2, -0.15) is 0 Å². The van der Waals surface area contributed by atoms with Gasteiger partial charge in [0.1, 0.15) is 5.01 Å². The van der Waals surface area contributed by atoms with E-state index in [4.69, 9.17) is 5.11 Å². The minimum Gasteiger partial charge on any atom is -0.481 e. The van der Waals surface area contributed by atoms with Crippen LogP contribution in [0.1, 0.15) is 44.3 Å². The van der Waals surface area contributed by atoms with Crippen molar-refractivity contribution in [1.29, 1.82) is 0 Å². The molecule has 0 aliphatic rings. The van der Waals surface area contributed by atoms with Crippen molar-refractivity contribution < 1.29 is 14.7 Å². The van der Waals surface area contributed by atoms with E-state index in [1.165, 1.54) is 11.3 Å². The Balaban J connectivity index is 2.49. The fourth-order valence-corrected chi connectivity index (χ4v) is 2.71. The van der Waals surface area contributed by atoms with E-state index in [9.17, 15) is 9.59 Å². The van der Waals surface area contributed by atoms with Gasteiger partial charge in [0.15, 0.2) is 0 Å². The molecule has 0 radical (unpaired) electrons. The van der Waals surface area contributed by atoms with Crippen molar-refractivity contribution >= 4 is 23.3 Å². The molecule has 0 bridgehead atoms. The third kappa shape index (κ3) is 7.65. The van der Waals surface area contributed by atoms with Gasteiger partial charge in [0.05, 0.1) is 13.0 Å². The molecule has 2 amide bonds. The molecule has 118 valence electrons. The Morgan fingerprint density at radius 1 is 1.43 bits per heavy atom. The van der Waals surface area contributed by atoms with E-state index in [0.29, 0.717) is 13.0 Å². The monoisotopic (exact) mass is 313 g/mol. The SMILES string of the molecule is Cc1csc(CNC(=O)NC(CC(=O)O)CC(C)(C)C)n1. The molecule has 1 aromatic heterocycles. The molecular weight excluding hydrogens is 290 g/mol. The number of aryl methyl sites for hydroxylation is 1. The first kappa shape index (κ1) is 17.4. The minimum absolute atomic E-state index is 0.0557. The number of aliphatic carboxylic acids is 1. The third-order valence-corrected chi connectivity index (χ3v) is 3.65. The molecule has 0 saturated heterocycles. The summed E-state index contributed by atoms with van der Waals surface area (Å²) in [7, 11) is 0. The molecule has 21 heavy (non-hydrogen) atoms. The highest BCUT2D eigenvalue weighted by molar-refractivity contribution is 7.09. The van der Waals surface area contributed by atoms with Crippen molar-refractivity contribution in [2.75, 3.05) is 0 Å². The lowest BCUT2D eigenvalue weighted by Crippen LogP contribution is -2.44. The van der Waals surface area contributed by atoms with Crippen LogP contribution in [0.4, 0.5) is 4.79 Å². The minimum atomic E-state index is -0.917. The zero-order chi connectivity index (χ0) is 16.0. The van der Waals surface area contributed by atoms with Gasteiger partial charge in [0, 0.05) is 17.1 Å². The second kappa shape index (κ2) is 7.40. The molecule has 1 unspecified atom stereocenters. The van der Waals surface area contributed by atoms with E-state index in [1.54, 1.807) is 0 Å². The van der Waals surface area contributed by atoms with Gasteiger partial charge < -0.3 is 15.7 Å². The van der Waals surface area contributed by atoms with Crippen LogP contribution < -0.4 is 10.6 Å². The van der Waals surface area contributed by atoms with Crippen molar-refractivity contribution in [3.8, 4) is 0 Å². The molecule has 0 aromatic carbocycles. The molecule has 0 spiro atoms. The summed E-state index contributed by atoms with van der Waals surface area (Å²) in [4.78, 5) is 27.0. The molecule has 1 atom stereocenters. The van der Waals surface area contributed by atoms with E-state index in [1.807, 2.05) is 33.1 Å². The molecule has 0 aliphatic heterocycles. The van der Waals surface area contributed by atoms with E-state index in [0.717, 1.165) is 10.7 Å². The van der Waals surface area contributed by atoms with E-state index < -0.39 is 5.97 Å². The lowest BCUT2D eigenvalue weighted by atomic mass is 9.87. The second-order valence-electron chi connectivity index (χ2n) is 6.27. The number of urea groups is 1. The Bertz CT molecular complexity index is 494. The van der Waals surface area contributed by atoms with E-state index in [-0.39, 0.29) is 23.9 Å². The van der Waals surface area contributed by atoms with Gasteiger partial charge in [-0.25, -0.2) is 9.78 Å². The highest BCUT2D eigenvalue weighted by Crippen LogP contribution is 2.22. The maximum Gasteiger partial charge on any atom is 0.315 e. The summed E-state index contributed by atoms with van der Waals surface area (Å²) in [5.41, 5.74) is 0.869. The first-order valence-electron chi connectivity index (χ1n) is 6.83. The van der Waals surface area contributed by atoms with Crippen LogP contribution in [-0.2, 0) is 11.3 Å². The number of hydrogen-bond donors (Lipinski definition) is 3. The predicted molar refractivity (Wildman–Crippen MR) is 82.3 cm³/mol. The lowest BCUT2D eigenvalue weighted by Gasteiger charge is -2.25. The zero-order valence-electron chi connectivity index (χ0n) is 12.9. The summed E-state index contributed by atoms with van der Waals surface area (Å²) >= 11 is 1.48. The van der Waals surface area contributed by atoms with Crippen LogP contribution in [0.2, 0.25) is 0 Å². The third-order valence-electron chi connectivity index (χ3n) is 2.68. The molecule has 1 heterocycles. The zero-order valence-corrected chi connectivity index (χ0v) is 13.7. The Hall–Kier alpha value is -1.63. The van der Waals surface area contributed by atoms with Crippen molar-refractivity contribution in [2.24, 2.45) is 5.41 Å². The summed E-state index contributed by atoms with van der Waals surface area (Å²) in [6.45, 7) is 8.28. The van der Waals surface area contributed by atoms with Gasteiger partial charge in [-0.15, -0.1) is 11.3 Å². The van der Waals surface area contributed by atoms with Crippen LogP contribution in [0.25, 0.3) is 0 Å². The maximum absolute atomic E-state index is 11.9. The van der Waals surface area contributed by atoms with Crippen LogP contribution in [0.3, 0.4) is 0 Å². The number of nitrogens with one attached hydrogen (secondary N) is 2. The molecule has 0 aliphatic carbocycles. The smallest absolute Gasteiger partial charge is 0.315 e. The Labute approximate surface area is 129 Å². The lowest BCUT2D eigenvalue weighted by molar-refractivity contribution is -0.137. The van der Waals surface area contributed by atoms with E-state index in [2.05, 4.69) is 15.6 Å². The van der Waals surface area contributed by atoms with Gasteiger partial charge in [-0.05, 0) is 18.8 Å². The van der Waals surface area contributed by atoms with Crippen LogP contribution in [0.5, 0.6) is 0 Å². The second-order valence-corrected chi connectivity index (χ2v) is 7.21. The Morgan fingerprint density at radius 3 is 2.57 bits per heavy atom. The summed E-state index contributed by atoms with van der Waals surface area (Å²) in [6.07, 6.45) is 0.518. The molecule has 1 aromatic rings. The van der Waals surface area contributed by atoms with Crippen LogP contribution in [0, 0.1) is 12.3 Å². The number of amides is 2. The number of rotatable bonds is 6. The van der Waals surface area contributed by atoms with E-state index >= 15 is 0 Å². The van der Waals surface area contributed by atoms with Gasteiger partial charge in [0.25, 0.3) is 0 Å². The summed E-state index contributed by atoms with van der Waals surface area (Å²) < 4.78 is 0. The van der Waals surface area contributed by atoms with Gasteiger partial charge in [-0.1, -0.05) is 20.8 Å². The van der Waals surface area contributed by atoms with Crippen LogP contribution in [-0.4, -0.2) is 28.1 Å². The van der Waals surface area contributed by atoms with Gasteiger partial charge >= 0.3 is 12.0 Å². The standard InChI is InChI=1S/C14H23N3O3S/c1-9-8-21-11(16-9)7-15-13(20)17-10(5-12(18)19)6-14(2,3)4/h8,10H,5-7H2,1-4H3,(H,18,19)(H2,15,17,20). The van der Waals surface area contributed by atoms with Crippen LogP contribution >= 0.6 is 11.3 Å². The molecule has 0 fully saturated rings. The molecule has 3 N–H and O–H groups in total. The van der Waals surface area contributed by atoms with Crippen molar-refractivity contribution in [2.45, 2.75) is 53.1 Å². The first-order valence-corrected chi connectivity index (χ1v) is 7.71. The first-order chi connectivity index (χ1) is 9.65. The van der Waals surface area contributed by atoms with Gasteiger partial charge in [-0.3, -0.25) is 4.79 Å². The quantitative estimate of drug-likeness (QED) is 0.752. The van der Waals surface area contributed by atoms with Gasteiger partial charge in [0.2, 0.25) is 0 Å². The number of carboxylic acid groups (broad SMARTS) is 1. The van der Waals surface area contributed by atoms with Crippen molar-refractivity contribution in [3.05, 3.63) is 16.1 Å². The number of thiazole rings is 1. The highest BCUT2D eigenvalue weighted by Gasteiger charge is 2.22. The largest absolute Gasteiger partial charge is 0.481 e. The number of hydrogen-bond acceptors (Lipinski definition) is 4. The fourth-order valence-electron chi connectivity index (χ4n) is 2.00. The average molecular weight is 313 g/mol. The number of carbonyl (C=O) groups excluding carboxylic acids is 1. The fraction of sp³-hybridized carbons (Fsp3) is 0.643. The average Bonchev–Trinajstić information content (AvgIpc) is 2.69. The maximum atomic E-state index is 11.9. The molecular formula is C14H23N3O3S. The van der Waals surface area contributed by atoms with Crippen molar-refractivity contribution in [1.82, 2.24) is 15.6 Å². The molecule has 1 rings (SSSR count). The summed E-state index contributed by atoms with van der Waals surface area (Å²) in [6, 6.07) is -0.751. The molecule has 0 saturated carbocycles. The summed E-state index contributed by atoms with van der Waals surface area (Å²) in [5, 5.41) is 17.1. The normalized spacial score (nSPS) is 12.8. The molecule has 6 nitrogen and oxygen atoms in total. The van der Waals surface area contributed by atoms with Crippen LogP contribution in [0.15, 0.2) is 5.38 Å². The number of carboxylic acids is 1. The summed E-state index contributed by atoms with van der Waals surface area (Å²) in [5.74, 6) is -0.917. The number of aromatic nitrogens is 1. The highest BCUT2D eigenvalue weighted by atomic mass is 32.1. The molecule has 7 heteroatoms. The van der Waals surface area contributed by atoms with Crippen molar-refractivity contribution in [3.63, 3.8) is 0 Å². The Morgan fingerprint density at radius 2 is 2.10 bits per heavy atom.